The zero-order chi connectivity index (χ0) is 18.4. The molecule has 0 bridgehead atoms. The molecule has 4 heteroatoms. The molecule has 1 amide bonds. The van der Waals surface area contributed by atoms with E-state index in [9.17, 15) is 4.79 Å². The average molecular weight is 351 g/mol. The lowest BCUT2D eigenvalue weighted by atomic mass is 10.1. The van der Waals surface area contributed by atoms with E-state index in [1.165, 1.54) is 16.8 Å². The summed E-state index contributed by atoms with van der Waals surface area (Å²) in [6.07, 6.45) is 1.32. The number of nitrogens with zero attached hydrogens (tertiary/aromatic N) is 2. The van der Waals surface area contributed by atoms with Gasteiger partial charge in [-0.25, -0.2) is 0 Å². The highest BCUT2D eigenvalue weighted by Gasteiger charge is 2.13. The molecule has 0 aromatic heterocycles. The van der Waals surface area contributed by atoms with Gasteiger partial charge in [-0.2, -0.15) is 0 Å². The molecule has 0 atom stereocenters. The molecule has 2 aromatic carbocycles. The third-order valence-electron chi connectivity index (χ3n) is 5.06. The van der Waals surface area contributed by atoms with Crippen molar-refractivity contribution in [1.29, 1.82) is 0 Å². The minimum Gasteiger partial charge on any atom is -0.369 e. The first-order valence-electron chi connectivity index (χ1n) is 9.45. The van der Waals surface area contributed by atoms with E-state index in [4.69, 9.17) is 0 Å². The fourth-order valence-electron chi connectivity index (χ4n) is 3.19. The van der Waals surface area contributed by atoms with Gasteiger partial charge >= 0.3 is 0 Å². The molecular formula is C22H29N3O. The largest absolute Gasteiger partial charge is 0.369 e. The Bertz CT molecular complexity index is 701. The van der Waals surface area contributed by atoms with Crippen LogP contribution in [-0.2, 0) is 17.8 Å². The van der Waals surface area contributed by atoms with E-state index in [2.05, 4.69) is 77.6 Å². The van der Waals surface area contributed by atoms with Crippen molar-refractivity contribution >= 4 is 11.6 Å². The molecule has 138 valence electrons. The zero-order valence-electron chi connectivity index (χ0n) is 15.9. The lowest BCUT2D eigenvalue weighted by Gasteiger charge is -2.34. The second kappa shape index (κ2) is 8.86. The molecular weight excluding hydrogens is 322 g/mol. The summed E-state index contributed by atoms with van der Waals surface area (Å²) in [6.45, 7) is 7.04. The Labute approximate surface area is 156 Å². The number of hydrogen-bond acceptors (Lipinski definition) is 3. The number of nitrogens with one attached hydrogen (secondary N) is 1. The highest BCUT2D eigenvalue weighted by molar-refractivity contribution is 5.76. The molecule has 1 aliphatic heterocycles. The van der Waals surface area contributed by atoms with Crippen molar-refractivity contribution in [3.63, 3.8) is 0 Å². The predicted molar refractivity (Wildman–Crippen MR) is 107 cm³/mol. The Balaban J connectivity index is 1.42. The number of carbonyl (C=O) groups excluding carboxylic acids is 1. The summed E-state index contributed by atoms with van der Waals surface area (Å²) in [5.74, 6) is 0.105. The molecule has 4 nitrogen and oxygen atoms in total. The van der Waals surface area contributed by atoms with Crippen molar-refractivity contribution in [2.75, 3.05) is 38.1 Å². The molecule has 0 unspecified atom stereocenters. The number of aryl methyl sites for hydroxylation is 2. The first-order chi connectivity index (χ1) is 12.6. The van der Waals surface area contributed by atoms with Gasteiger partial charge in [0.2, 0.25) is 5.91 Å². The third kappa shape index (κ3) is 5.33. The second-order valence-electron chi connectivity index (χ2n) is 7.22. The molecule has 1 fully saturated rings. The Hall–Kier alpha value is -2.33. The van der Waals surface area contributed by atoms with Crippen molar-refractivity contribution in [1.82, 2.24) is 10.2 Å². The van der Waals surface area contributed by atoms with Gasteiger partial charge in [-0.05, 0) is 43.7 Å². The molecule has 1 aliphatic rings. The molecule has 2 aromatic rings. The van der Waals surface area contributed by atoms with Gasteiger partial charge in [0, 0.05) is 44.8 Å². The van der Waals surface area contributed by atoms with Gasteiger partial charge in [-0.3, -0.25) is 4.79 Å². The quantitative estimate of drug-likeness (QED) is 0.869. The van der Waals surface area contributed by atoms with Crippen LogP contribution in [0.25, 0.3) is 0 Å². The molecule has 0 spiro atoms. The number of anilines is 1. The number of rotatable bonds is 6. The Kier molecular flexibility index (Phi) is 6.29. The summed E-state index contributed by atoms with van der Waals surface area (Å²) < 4.78 is 0. The maximum Gasteiger partial charge on any atom is 0.220 e. The summed E-state index contributed by atoms with van der Waals surface area (Å²) in [6, 6.07) is 16.9. The number of amides is 1. The van der Waals surface area contributed by atoms with Crippen LogP contribution in [0.1, 0.15) is 23.1 Å². The molecule has 26 heavy (non-hydrogen) atoms. The molecule has 1 N–H and O–H groups in total. The molecule has 1 saturated heterocycles. The SMILES string of the molecule is Cc1ccc(CCC(=O)NCc2ccc(N3CCN(C)CC3)cc2)cc1. The van der Waals surface area contributed by atoms with Gasteiger partial charge in [0.25, 0.3) is 0 Å². The van der Waals surface area contributed by atoms with Crippen molar-refractivity contribution in [3.05, 3.63) is 65.2 Å². The van der Waals surface area contributed by atoms with E-state index in [0.29, 0.717) is 13.0 Å². The summed E-state index contributed by atoms with van der Waals surface area (Å²) in [4.78, 5) is 16.9. The van der Waals surface area contributed by atoms with Gasteiger partial charge < -0.3 is 15.1 Å². The highest BCUT2D eigenvalue weighted by atomic mass is 16.1. The van der Waals surface area contributed by atoms with Gasteiger partial charge in [0.15, 0.2) is 0 Å². The predicted octanol–water partition coefficient (Wildman–Crippen LogP) is 3.00. The van der Waals surface area contributed by atoms with Gasteiger partial charge in [-0.1, -0.05) is 42.0 Å². The van der Waals surface area contributed by atoms with E-state index in [0.717, 1.165) is 38.2 Å². The molecule has 3 rings (SSSR count). The van der Waals surface area contributed by atoms with Crippen LogP contribution in [0.2, 0.25) is 0 Å². The minimum absolute atomic E-state index is 0.105. The standard InChI is InChI=1S/C22H29N3O/c1-18-3-5-19(6-4-18)9-12-22(26)23-17-20-7-10-21(11-8-20)25-15-13-24(2)14-16-25/h3-8,10-11H,9,12-17H2,1-2H3,(H,23,26). The molecule has 0 radical (unpaired) electrons. The van der Waals surface area contributed by atoms with Crippen LogP contribution in [0, 0.1) is 6.92 Å². The van der Waals surface area contributed by atoms with Gasteiger partial charge in [0.05, 0.1) is 0 Å². The van der Waals surface area contributed by atoms with Crippen LogP contribution in [0.3, 0.4) is 0 Å². The molecule has 0 saturated carbocycles. The van der Waals surface area contributed by atoms with Crippen LogP contribution < -0.4 is 10.2 Å². The van der Waals surface area contributed by atoms with Crippen LogP contribution in [0.5, 0.6) is 0 Å². The van der Waals surface area contributed by atoms with E-state index in [-0.39, 0.29) is 5.91 Å². The summed E-state index contributed by atoms with van der Waals surface area (Å²) in [7, 11) is 2.17. The number of carbonyl (C=O) groups is 1. The van der Waals surface area contributed by atoms with Gasteiger partial charge in [0.1, 0.15) is 0 Å². The number of benzene rings is 2. The fourth-order valence-corrected chi connectivity index (χ4v) is 3.19. The van der Waals surface area contributed by atoms with Crippen molar-refractivity contribution < 1.29 is 4.79 Å². The highest BCUT2D eigenvalue weighted by Crippen LogP contribution is 2.17. The van der Waals surface area contributed by atoms with Crippen LogP contribution in [-0.4, -0.2) is 44.0 Å². The Morgan fingerprint density at radius 1 is 0.923 bits per heavy atom. The van der Waals surface area contributed by atoms with Crippen LogP contribution >= 0.6 is 0 Å². The van der Waals surface area contributed by atoms with Crippen molar-refractivity contribution in [2.24, 2.45) is 0 Å². The van der Waals surface area contributed by atoms with Crippen molar-refractivity contribution in [2.45, 2.75) is 26.3 Å². The third-order valence-corrected chi connectivity index (χ3v) is 5.06. The van der Waals surface area contributed by atoms with Crippen molar-refractivity contribution in [3.8, 4) is 0 Å². The fraction of sp³-hybridized carbons (Fsp3) is 0.409. The Morgan fingerprint density at radius 2 is 1.54 bits per heavy atom. The maximum absolute atomic E-state index is 12.1. The molecule has 1 heterocycles. The summed E-state index contributed by atoms with van der Waals surface area (Å²) in [5.41, 5.74) is 4.87. The summed E-state index contributed by atoms with van der Waals surface area (Å²) >= 11 is 0. The molecule has 0 aliphatic carbocycles. The smallest absolute Gasteiger partial charge is 0.220 e. The van der Waals surface area contributed by atoms with E-state index >= 15 is 0 Å². The first kappa shape index (κ1) is 18.5. The zero-order valence-corrected chi connectivity index (χ0v) is 15.9. The summed E-state index contributed by atoms with van der Waals surface area (Å²) in [5, 5.41) is 3.03. The second-order valence-corrected chi connectivity index (χ2v) is 7.22. The van der Waals surface area contributed by atoms with Gasteiger partial charge in [-0.15, -0.1) is 0 Å². The van der Waals surface area contributed by atoms with Crippen LogP contribution in [0.4, 0.5) is 5.69 Å². The topological polar surface area (TPSA) is 35.6 Å². The minimum atomic E-state index is 0.105. The lowest BCUT2D eigenvalue weighted by molar-refractivity contribution is -0.121. The normalized spacial score (nSPS) is 15.1. The number of hydrogen-bond donors (Lipinski definition) is 1. The lowest BCUT2D eigenvalue weighted by Crippen LogP contribution is -2.44. The van der Waals surface area contributed by atoms with E-state index in [1.807, 2.05) is 0 Å². The number of likely N-dealkylation sites (N-methyl/N-ethyl adjacent to an activating group) is 1. The number of piperazine rings is 1. The average Bonchev–Trinajstić information content (AvgIpc) is 2.67. The first-order valence-corrected chi connectivity index (χ1v) is 9.45. The van der Waals surface area contributed by atoms with E-state index < -0.39 is 0 Å². The monoisotopic (exact) mass is 351 g/mol. The van der Waals surface area contributed by atoms with E-state index in [1.54, 1.807) is 0 Å². The Morgan fingerprint density at radius 3 is 2.19 bits per heavy atom. The maximum atomic E-state index is 12.1. The van der Waals surface area contributed by atoms with Crippen LogP contribution in [0.15, 0.2) is 48.5 Å².